The van der Waals surface area contributed by atoms with Crippen LogP contribution in [0.5, 0.6) is 0 Å². The van der Waals surface area contributed by atoms with E-state index in [1.807, 2.05) is 12.3 Å². The van der Waals surface area contributed by atoms with E-state index in [1.165, 1.54) is 30.3 Å². The highest BCUT2D eigenvalue weighted by Crippen LogP contribution is 2.28. The lowest BCUT2D eigenvalue weighted by Gasteiger charge is -2.38. The first-order chi connectivity index (χ1) is 11.8. The van der Waals surface area contributed by atoms with Crippen LogP contribution in [-0.4, -0.2) is 42.0 Å². The second kappa shape index (κ2) is 6.80. The van der Waals surface area contributed by atoms with E-state index in [1.54, 1.807) is 0 Å². The number of aromatic nitrogens is 1. The van der Waals surface area contributed by atoms with Crippen LogP contribution >= 0.6 is 0 Å². The van der Waals surface area contributed by atoms with Crippen LogP contribution in [0.15, 0.2) is 36.5 Å². The summed E-state index contributed by atoms with van der Waals surface area (Å²) < 4.78 is 0. The first-order valence-corrected chi connectivity index (χ1v) is 9.20. The number of nitrogens with zero attached hydrogens (tertiary/aromatic N) is 3. The smallest absolute Gasteiger partial charge is 0.225 e. The maximum atomic E-state index is 12.7. The molecule has 2 heterocycles. The Kier molecular flexibility index (Phi) is 4.37. The molecule has 1 amide bonds. The predicted octanol–water partition coefficient (Wildman–Crippen LogP) is 3.46. The Morgan fingerprint density at radius 2 is 1.71 bits per heavy atom. The number of piperazine rings is 1. The Morgan fingerprint density at radius 1 is 0.958 bits per heavy atom. The van der Waals surface area contributed by atoms with E-state index in [-0.39, 0.29) is 5.92 Å². The summed E-state index contributed by atoms with van der Waals surface area (Å²) in [6.45, 7) is 3.46. The fourth-order valence-corrected chi connectivity index (χ4v) is 4.12. The van der Waals surface area contributed by atoms with Crippen LogP contribution in [0.2, 0.25) is 0 Å². The largest absolute Gasteiger partial charge is 0.366 e. The van der Waals surface area contributed by atoms with Gasteiger partial charge in [-0.15, -0.1) is 0 Å². The van der Waals surface area contributed by atoms with Crippen molar-refractivity contribution in [1.82, 2.24) is 9.88 Å². The van der Waals surface area contributed by atoms with Gasteiger partial charge in [0.2, 0.25) is 5.91 Å². The highest BCUT2D eigenvalue weighted by atomic mass is 16.2. The second-order valence-electron chi connectivity index (χ2n) is 7.00. The van der Waals surface area contributed by atoms with E-state index in [4.69, 9.17) is 0 Å². The number of carbonyl (C=O) groups is 1. The van der Waals surface area contributed by atoms with Crippen molar-refractivity contribution in [3.8, 4) is 0 Å². The summed E-state index contributed by atoms with van der Waals surface area (Å²) in [5, 5.41) is 1.18. The average molecular weight is 323 g/mol. The zero-order chi connectivity index (χ0) is 16.4. The van der Waals surface area contributed by atoms with Crippen molar-refractivity contribution in [3.05, 3.63) is 36.5 Å². The number of hydrogen-bond donors (Lipinski definition) is 0. The third-order valence-corrected chi connectivity index (χ3v) is 5.50. The van der Waals surface area contributed by atoms with Crippen molar-refractivity contribution in [2.45, 2.75) is 32.1 Å². The summed E-state index contributed by atoms with van der Waals surface area (Å²) in [6, 6.07) is 10.4. The molecule has 1 aliphatic heterocycles. The third-order valence-electron chi connectivity index (χ3n) is 5.50. The molecule has 4 heteroatoms. The fourth-order valence-electron chi connectivity index (χ4n) is 4.12. The van der Waals surface area contributed by atoms with E-state index in [9.17, 15) is 4.79 Å². The molecular weight excluding hydrogens is 298 g/mol. The zero-order valence-corrected chi connectivity index (χ0v) is 14.2. The molecule has 2 aromatic rings. The SMILES string of the molecule is O=C(C1CCCCC1)N1CCN(c2cccc3cccnc23)CC1. The molecular formula is C20H25N3O. The van der Waals surface area contributed by atoms with Gasteiger partial charge in [0.1, 0.15) is 0 Å². The van der Waals surface area contributed by atoms with Crippen LogP contribution in [0, 0.1) is 5.92 Å². The summed E-state index contributed by atoms with van der Waals surface area (Å²) in [4.78, 5) is 21.7. The van der Waals surface area contributed by atoms with Gasteiger partial charge in [-0.3, -0.25) is 9.78 Å². The molecule has 0 spiro atoms. The van der Waals surface area contributed by atoms with Gasteiger partial charge in [0.05, 0.1) is 11.2 Å². The summed E-state index contributed by atoms with van der Waals surface area (Å²) >= 11 is 0. The zero-order valence-electron chi connectivity index (χ0n) is 14.2. The minimum atomic E-state index is 0.282. The van der Waals surface area contributed by atoms with Crippen LogP contribution in [0.4, 0.5) is 5.69 Å². The Bertz CT molecular complexity index is 710. The third kappa shape index (κ3) is 2.97. The van der Waals surface area contributed by atoms with Gasteiger partial charge in [-0.1, -0.05) is 37.5 Å². The number of hydrogen-bond acceptors (Lipinski definition) is 3. The van der Waals surface area contributed by atoms with Gasteiger partial charge >= 0.3 is 0 Å². The van der Waals surface area contributed by atoms with Crippen molar-refractivity contribution in [2.75, 3.05) is 31.1 Å². The molecule has 0 atom stereocenters. The van der Waals surface area contributed by atoms with Crippen molar-refractivity contribution < 1.29 is 4.79 Å². The van der Waals surface area contributed by atoms with Gasteiger partial charge in [-0.2, -0.15) is 0 Å². The molecule has 126 valence electrons. The Balaban J connectivity index is 1.45. The molecule has 1 aromatic carbocycles. The second-order valence-corrected chi connectivity index (χ2v) is 7.00. The van der Waals surface area contributed by atoms with Crippen molar-refractivity contribution in [3.63, 3.8) is 0 Å². The molecule has 4 nitrogen and oxygen atoms in total. The Labute approximate surface area is 143 Å². The first-order valence-electron chi connectivity index (χ1n) is 9.20. The molecule has 0 bridgehead atoms. The maximum absolute atomic E-state index is 12.7. The Hall–Kier alpha value is -2.10. The number of carbonyl (C=O) groups excluding carboxylic acids is 1. The van der Waals surface area contributed by atoms with Crippen LogP contribution in [-0.2, 0) is 4.79 Å². The number of pyridine rings is 1. The molecule has 0 radical (unpaired) electrons. The van der Waals surface area contributed by atoms with Gasteiger partial charge in [-0.25, -0.2) is 0 Å². The molecule has 1 saturated heterocycles. The van der Waals surface area contributed by atoms with Gasteiger partial charge < -0.3 is 9.80 Å². The molecule has 2 fully saturated rings. The number of benzene rings is 1. The minimum absolute atomic E-state index is 0.282. The van der Waals surface area contributed by atoms with Crippen LogP contribution in [0.25, 0.3) is 10.9 Å². The summed E-state index contributed by atoms with van der Waals surface area (Å²) in [7, 11) is 0. The number of anilines is 1. The van der Waals surface area contributed by atoms with E-state index >= 15 is 0 Å². The van der Waals surface area contributed by atoms with E-state index < -0.39 is 0 Å². The van der Waals surface area contributed by atoms with Gasteiger partial charge in [0.15, 0.2) is 0 Å². The van der Waals surface area contributed by atoms with Crippen LogP contribution in [0.1, 0.15) is 32.1 Å². The van der Waals surface area contributed by atoms with Gasteiger partial charge in [0, 0.05) is 43.7 Å². The molecule has 1 aromatic heterocycles. The standard InChI is InChI=1S/C20H25N3O/c24-20(17-6-2-1-3-7-17)23-14-12-22(13-15-23)18-10-4-8-16-9-5-11-21-19(16)18/h4-5,8-11,17H,1-3,6-7,12-15H2. The average Bonchev–Trinajstić information content (AvgIpc) is 2.68. The molecule has 0 unspecified atom stereocenters. The van der Waals surface area contributed by atoms with Crippen molar-refractivity contribution in [2.24, 2.45) is 5.92 Å². The van der Waals surface area contributed by atoms with Gasteiger partial charge in [-0.05, 0) is 25.0 Å². The van der Waals surface area contributed by atoms with Crippen LogP contribution in [0.3, 0.4) is 0 Å². The van der Waals surface area contributed by atoms with Crippen molar-refractivity contribution in [1.29, 1.82) is 0 Å². The van der Waals surface area contributed by atoms with Gasteiger partial charge in [0.25, 0.3) is 0 Å². The topological polar surface area (TPSA) is 36.4 Å². The lowest BCUT2D eigenvalue weighted by molar-refractivity contribution is -0.136. The Morgan fingerprint density at radius 3 is 2.50 bits per heavy atom. The molecule has 0 N–H and O–H groups in total. The normalized spacial score (nSPS) is 19.7. The quantitative estimate of drug-likeness (QED) is 0.849. The summed E-state index contributed by atoms with van der Waals surface area (Å²) in [5.41, 5.74) is 2.25. The monoisotopic (exact) mass is 323 g/mol. The van der Waals surface area contributed by atoms with Crippen molar-refractivity contribution >= 4 is 22.5 Å². The highest BCUT2D eigenvalue weighted by molar-refractivity contribution is 5.90. The van der Waals surface area contributed by atoms with Crippen LogP contribution < -0.4 is 4.90 Å². The van der Waals surface area contributed by atoms with E-state index in [0.717, 1.165) is 44.5 Å². The molecule has 24 heavy (non-hydrogen) atoms. The molecule has 2 aliphatic rings. The summed E-state index contributed by atoms with van der Waals surface area (Å²) in [5.74, 6) is 0.676. The number of fused-ring (bicyclic) bond motifs is 1. The first kappa shape index (κ1) is 15.4. The van der Waals surface area contributed by atoms with E-state index in [2.05, 4.69) is 39.0 Å². The number of amides is 1. The lowest BCUT2D eigenvalue weighted by Crippen LogP contribution is -2.50. The molecule has 4 rings (SSSR count). The lowest BCUT2D eigenvalue weighted by atomic mass is 9.88. The summed E-state index contributed by atoms with van der Waals surface area (Å²) in [6.07, 6.45) is 7.77. The molecule has 1 saturated carbocycles. The maximum Gasteiger partial charge on any atom is 0.225 e. The highest BCUT2D eigenvalue weighted by Gasteiger charge is 2.28. The minimum Gasteiger partial charge on any atom is -0.366 e. The number of para-hydroxylation sites is 1. The molecule has 1 aliphatic carbocycles. The van der Waals surface area contributed by atoms with E-state index in [0.29, 0.717) is 5.91 Å². The predicted molar refractivity (Wildman–Crippen MR) is 97.1 cm³/mol. The fraction of sp³-hybridized carbons (Fsp3) is 0.500. The number of rotatable bonds is 2.